The summed E-state index contributed by atoms with van der Waals surface area (Å²) >= 11 is 0. The van der Waals surface area contributed by atoms with Gasteiger partial charge in [0.15, 0.2) is 11.6 Å². The third-order valence-electron chi connectivity index (χ3n) is 6.02. The van der Waals surface area contributed by atoms with Crippen molar-refractivity contribution in [1.29, 1.82) is 0 Å². The average molecular weight is 440 g/mol. The van der Waals surface area contributed by atoms with E-state index in [9.17, 15) is 9.90 Å². The van der Waals surface area contributed by atoms with Gasteiger partial charge in [-0.25, -0.2) is 4.39 Å². The second-order valence-corrected chi connectivity index (χ2v) is 9.36. The number of aromatic nitrogens is 1. The van der Waals surface area contributed by atoms with Gasteiger partial charge in [0.25, 0.3) is 5.56 Å². The van der Waals surface area contributed by atoms with Crippen LogP contribution in [0.25, 0.3) is 21.9 Å². The van der Waals surface area contributed by atoms with E-state index >= 15 is 4.39 Å². The Morgan fingerprint density at radius 3 is 2.59 bits per heavy atom. The topological polar surface area (TPSA) is 60.7 Å². The lowest BCUT2D eigenvalue weighted by Crippen LogP contribution is -2.31. The maximum Gasteiger partial charge on any atom is 0.258 e. The van der Waals surface area contributed by atoms with E-state index < -0.39 is 17.5 Å². The molecular weight excluding hydrogens is 409 g/mol. The van der Waals surface area contributed by atoms with Gasteiger partial charge in [0.1, 0.15) is 6.10 Å². The second kappa shape index (κ2) is 8.34. The molecular formula is C26H30FNO4. The van der Waals surface area contributed by atoms with Crippen molar-refractivity contribution < 1.29 is 19.0 Å². The molecule has 0 saturated heterocycles. The highest BCUT2D eigenvalue weighted by Crippen LogP contribution is 2.42. The fraction of sp³-hybridized carbons (Fsp3) is 0.423. The normalized spacial score (nSPS) is 14.8. The van der Waals surface area contributed by atoms with Gasteiger partial charge in [0.2, 0.25) is 0 Å². The van der Waals surface area contributed by atoms with Gasteiger partial charge in [0.05, 0.1) is 24.5 Å². The highest BCUT2D eigenvalue weighted by atomic mass is 19.1. The lowest BCUT2D eigenvalue weighted by atomic mass is 9.88. The summed E-state index contributed by atoms with van der Waals surface area (Å²) < 4.78 is 28.5. The zero-order valence-corrected chi connectivity index (χ0v) is 19.3. The minimum absolute atomic E-state index is 0.185. The van der Waals surface area contributed by atoms with Crippen LogP contribution in [-0.4, -0.2) is 28.5 Å². The number of hydrogen-bond acceptors (Lipinski definition) is 4. The van der Waals surface area contributed by atoms with Crippen molar-refractivity contribution >= 4 is 10.8 Å². The van der Waals surface area contributed by atoms with Gasteiger partial charge in [0, 0.05) is 23.6 Å². The van der Waals surface area contributed by atoms with Crippen LogP contribution in [0, 0.1) is 12.7 Å². The Kier molecular flexibility index (Phi) is 5.86. The molecule has 3 aromatic rings. The van der Waals surface area contributed by atoms with E-state index in [1.165, 1.54) is 10.6 Å². The summed E-state index contributed by atoms with van der Waals surface area (Å²) in [6.07, 6.45) is 0.790. The van der Waals surface area contributed by atoms with Crippen LogP contribution in [0.4, 0.5) is 4.39 Å². The lowest BCUT2D eigenvalue weighted by molar-refractivity contribution is -0.0850. The summed E-state index contributed by atoms with van der Waals surface area (Å²) in [5, 5.41) is 11.5. The lowest BCUT2D eigenvalue weighted by Gasteiger charge is -2.31. The van der Waals surface area contributed by atoms with E-state index in [-0.39, 0.29) is 12.2 Å². The van der Waals surface area contributed by atoms with Gasteiger partial charge < -0.3 is 19.1 Å². The fourth-order valence-electron chi connectivity index (χ4n) is 4.67. The predicted molar refractivity (Wildman–Crippen MR) is 124 cm³/mol. The largest absolute Gasteiger partial charge is 0.490 e. The van der Waals surface area contributed by atoms with Crippen molar-refractivity contribution in [3.63, 3.8) is 0 Å². The van der Waals surface area contributed by atoms with Crippen LogP contribution in [0.5, 0.6) is 5.75 Å². The van der Waals surface area contributed by atoms with Gasteiger partial charge in [-0.3, -0.25) is 4.79 Å². The monoisotopic (exact) mass is 439 g/mol. The molecule has 6 heteroatoms. The first-order valence-corrected chi connectivity index (χ1v) is 11.0. The van der Waals surface area contributed by atoms with Crippen LogP contribution in [-0.2, 0) is 18.2 Å². The van der Waals surface area contributed by atoms with Gasteiger partial charge in [-0.15, -0.1) is 0 Å². The van der Waals surface area contributed by atoms with E-state index in [1.807, 2.05) is 45.9 Å². The number of rotatable bonds is 4. The Bertz CT molecular complexity index is 1240. The Balaban J connectivity index is 2.12. The van der Waals surface area contributed by atoms with Crippen LogP contribution >= 0.6 is 0 Å². The number of aliphatic hydroxyl groups is 1. The van der Waals surface area contributed by atoms with E-state index in [2.05, 4.69) is 0 Å². The maximum absolute atomic E-state index is 15.2. The summed E-state index contributed by atoms with van der Waals surface area (Å²) in [5.41, 5.74) is 2.95. The number of nitrogens with zero attached hydrogens (tertiary/aromatic N) is 1. The molecule has 2 heterocycles. The van der Waals surface area contributed by atoms with E-state index in [1.54, 1.807) is 13.1 Å². The smallest absolute Gasteiger partial charge is 0.258 e. The van der Waals surface area contributed by atoms with Gasteiger partial charge in [-0.1, -0.05) is 18.2 Å². The molecule has 2 aromatic carbocycles. The molecule has 32 heavy (non-hydrogen) atoms. The molecule has 0 unspecified atom stereocenters. The molecule has 5 nitrogen and oxygen atoms in total. The molecule has 1 aliphatic rings. The summed E-state index contributed by atoms with van der Waals surface area (Å²) in [4.78, 5) is 13.2. The molecule has 0 saturated carbocycles. The molecule has 0 spiro atoms. The van der Waals surface area contributed by atoms with E-state index in [0.29, 0.717) is 39.9 Å². The SMILES string of the molecule is Cc1c(-c2c([C@@H](CO)OC(C)(C)C)n(C)c(=O)c3ccccc23)cc(F)c2c1CCCO2. The van der Waals surface area contributed by atoms with E-state index in [0.717, 1.165) is 24.0 Å². The molecule has 170 valence electrons. The number of halogens is 1. The fourth-order valence-corrected chi connectivity index (χ4v) is 4.67. The van der Waals surface area contributed by atoms with Crippen molar-refractivity contribution in [3.8, 4) is 16.9 Å². The van der Waals surface area contributed by atoms with Crippen molar-refractivity contribution in [3.05, 3.63) is 63.3 Å². The highest BCUT2D eigenvalue weighted by Gasteiger charge is 2.30. The zero-order chi connectivity index (χ0) is 23.2. The predicted octanol–water partition coefficient (Wildman–Crippen LogP) is 4.83. The molecule has 0 bridgehead atoms. The Hall–Kier alpha value is -2.70. The number of benzene rings is 2. The molecule has 0 fully saturated rings. The number of hydrogen-bond donors (Lipinski definition) is 1. The summed E-state index contributed by atoms with van der Waals surface area (Å²) in [6, 6.07) is 8.81. The second-order valence-electron chi connectivity index (χ2n) is 9.36. The highest BCUT2D eigenvalue weighted by molar-refractivity contribution is 5.98. The number of pyridine rings is 1. The van der Waals surface area contributed by atoms with Crippen LogP contribution in [0.3, 0.4) is 0 Å². The summed E-state index contributed by atoms with van der Waals surface area (Å²) in [6.45, 7) is 7.85. The molecule has 1 aliphatic heterocycles. The Labute approximate surface area is 187 Å². The zero-order valence-electron chi connectivity index (χ0n) is 19.3. The van der Waals surface area contributed by atoms with E-state index in [4.69, 9.17) is 9.47 Å². The first kappa shape index (κ1) is 22.5. The van der Waals surface area contributed by atoms with Gasteiger partial charge in [-0.2, -0.15) is 0 Å². The van der Waals surface area contributed by atoms with Crippen molar-refractivity contribution in [2.24, 2.45) is 7.05 Å². The van der Waals surface area contributed by atoms with Crippen LogP contribution < -0.4 is 10.3 Å². The molecule has 0 amide bonds. The third-order valence-corrected chi connectivity index (χ3v) is 6.02. The quantitative estimate of drug-likeness (QED) is 0.633. The number of fused-ring (bicyclic) bond motifs is 2. The van der Waals surface area contributed by atoms with Crippen LogP contribution in [0.1, 0.15) is 50.1 Å². The van der Waals surface area contributed by atoms with Crippen LogP contribution in [0.15, 0.2) is 35.1 Å². The summed E-state index contributed by atoms with van der Waals surface area (Å²) in [5.74, 6) is -0.0979. The third kappa shape index (κ3) is 3.82. The molecule has 0 radical (unpaired) electrons. The Morgan fingerprint density at radius 1 is 1.25 bits per heavy atom. The molecule has 4 rings (SSSR count). The van der Waals surface area contributed by atoms with Crippen molar-refractivity contribution in [2.75, 3.05) is 13.2 Å². The minimum Gasteiger partial charge on any atom is -0.490 e. The first-order valence-electron chi connectivity index (χ1n) is 11.0. The molecule has 1 atom stereocenters. The minimum atomic E-state index is -0.762. The average Bonchev–Trinajstić information content (AvgIpc) is 2.77. The molecule has 0 aliphatic carbocycles. The Morgan fingerprint density at radius 2 is 1.94 bits per heavy atom. The maximum atomic E-state index is 15.2. The number of ether oxygens (including phenoxy) is 2. The number of aliphatic hydroxyl groups excluding tert-OH is 1. The standard InChI is InChI=1S/C26H30FNO4/c1-15-16-11-8-12-31-24(16)20(27)13-19(15)22-17-9-6-7-10-18(17)25(30)28(5)23(22)21(14-29)32-26(2,3)4/h6-7,9-10,13,21,29H,8,11-12,14H2,1-5H3/t21-/m1/s1. The van der Waals surface area contributed by atoms with Crippen LogP contribution in [0.2, 0.25) is 0 Å². The molecule has 1 N–H and O–H groups in total. The van der Waals surface area contributed by atoms with Gasteiger partial charge >= 0.3 is 0 Å². The molecule has 1 aromatic heterocycles. The van der Waals surface area contributed by atoms with Gasteiger partial charge in [-0.05, 0) is 69.2 Å². The first-order chi connectivity index (χ1) is 15.1. The van der Waals surface area contributed by atoms with Crippen molar-refractivity contribution in [1.82, 2.24) is 4.57 Å². The summed E-state index contributed by atoms with van der Waals surface area (Å²) in [7, 11) is 1.68. The van der Waals surface area contributed by atoms with Crippen molar-refractivity contribution in [2.45, 2.75) is 52.2 Å².